The molecule has 1 saturated carbocycles. The van der Waals surface area contributed by atoms with E-state index >= 15 is 0 Å². The third-order valence-corrected chi connectivity index (χ3v) is 3.55. The first-order valence-corrected chi connectivity index (χ1v) is 5.86. The first kappa shape index (κ1) is 10.6. The standard InChI is InChI=1S/C12H17ClN2/c1-8(9-3-2-4-9)15-12-6-5-10(14)7-11(12)13/h5-9,15H,2-4,14H2,1H3. The number of rotatable bonds is 3. The highest BCUT2D eigenvalue weighted by Crippen LogP contribution is 2.32. The van der Waals surface area contributed by atoms with Crippen molar-refractivity contribution in [3.63, 3.8) is 0 Å². The van der Waals surface area contributed by atoms with Crippen LogP contribution in [0.1, 0.15) is 26.2 Å². The van der Waals surface area contributed by atoms with Crippen LogP contribution in [0.4, 0.5) is 11.4 Å². The van der Waals surface area contributed by atoms with Crippen LogP contribution < -0.4 is 11.1 Å². The van der Waals surface area contributed by atoms with Gasteiger partial charge >= 0.3 is 0 Å². The Morgan fingerprint density at radius 1 is 1.47 bits per heavy atom. The molecule has 1 atom stereocenters. The largest absolute Gasteiger partial charge is 0.399 e. The fraction of sp³-hybridized carbons (Fsp3) is 0.500. The summed E-state index contributed by atoms with van der Waals surface area (Å²) in [4.78, 5) is 0. The number of nitrogen functional groups attached to an aromatic ring is 1. The van der Waals surface area contributed by atoms with Gasteiger partial charge in [-0.3, -0.25) is 0 Å². The van der Waals surface area contributed by atoms with Crippen LogP contribution in [0.15, 0.2) is 18.2 Å². The molecule has 2 rings (SSSR count). The number of anilines is 2. The summed E-state index contributed by atoms with van der Waals surface area (Å²) in [5, 5.41) is 4.16. The SMILES string of the molecule is CC(Nc1ccc(N)cc1Cl)C1CCC1. The van der Waals surface area contributed by atoms with Crippen molar-refractivity contribution in [1.29, 1.82) is 0 Å². The van der Waals surface area contributed by atoms with E-state index in [-0.39, 0.29) is 0 Å². The molecule has 2 nitrogen and oxygen atoms in total. The van der Waals surface area contributed by atoms with Crippen molar-refractivity contribution in [3.8, 4) is 0 Å². The number of benzene rings is 1. The molecule has 1 aromatic rings. The van der Waals surface area contributed by atoms with Gasteiger partial charge in [0, 0.05) is 11.7 Å². The molecule has 0 radical (unpaired) electrons. The van der Waals surface area contributed by atoms with E-state index in [9.17, 15) is 0 Å². The molecule has 0 amide bonds. The predicted octanol–water partition coefficient (Wildman–Crippen LogP) is 3.52. The number of nitrogens with one attached hydrogen (secondary N) is 1. The van der Waals surface area contributed by atoms with Gasteiger partial charge in [0.15, 0.2) is 0 Å². The average Bonchev–Trinajstić information content (AvgIpc) is 2.07. The molecule has 0 saturated heterocycles. The third-order valence-electron chi connectivity index (χ3n) is 3.23. The first-order chi connectivity index (χ1) is 7.16. The molecule has 1 aliphatic rings. The molecule has 0 spiro atoms. The molecular formula is C12H17ClN2. The lowest BCUT2D eigenvalue weighted by Gasteiger charge is -2.32. The van der Waals surface area contributed by atoms with E-state index in [4.69, 9.17) is 17.3 Å². The van der Waals surface area contributed by atoms with Crippen LogP contribution in [0.3, 0.4) is 0 Å². The highest BCUT2D eigenvalue weighted by molar-refractivity contribution is 6.33. The molecule has 1 aromatic carbocycles. The van der Waals surface area contributed by atoms with Crippen LogP contribution in [0.5, 0.6) is 0 Å². The lowest BCUT2D eigenvalue weighted by Crippen LogP contribution is -2.30. The van der Waals surface area contributed by atoms with Crippen LogP contribution in [0, 0.1) is 5.92 Å². The number of nitrogens with two attached hydrogens (primary N) is 1. The quantitative estimate of drug-likeness (QED) is 0.771. The Kier molecular flexibility index (Phi) is 3.06. The summed E-state index contributed by atoms with van der Waals surface area (Å²) in [7, 11) is 0. The predicted molar refractivity (Wildman–Crippen MR) is 66.3 cm³/mol. The third kappa shape index (κ3) is 2.37. The van der Waals surface area contributed by atoms with Crippen LogP contribution in [0.25, 0.3) is 0 Å². The molecule has 1 aliphatic carbocycles. The van der Waals surface area contributed by atoms with E-state index in [1.54, 1.807) is 6.07 Å². The molecule has 0 bridgehead atoms. The van der Waals surface area contributed by atoms with Gasteiger partial charge in [-0.1, -0.05) is 18.0 Å². The summed E-state index contributed by atoms with van der Waals surface area (Å²) in [5.41, 5.74) is 7.34. The van der Waals surface area contributed by atoms with E-state index in [1.165, 1.54) is 19.3 Å². The minimum absolute atomic E-state index is 0.500. The van der Waals surface area contributed by atoms with Gasteiger partial charge in [-0.15, -0.1) is 0 Å². The molecule has 82 valence electrons. The van der Waals surface area contributed by atoms with Crippen molar-refractivity contribution in [2.45, 2.75) is 32.2 Å². The van der Waals surface area contributed by atoms with Crippen LogP contribution in [0.2, 0.25) is 5.02 Å². The second-order valence-corrected chi connectivity index (χ2v) is 4.77. The number of hydrogen-bond acceptors (Lipinski definition) is 2. The lowest BCUT2D eigenvalue weighted by atomic mass is 9.80. The summed E-state index contributed by atoms with van der Waals surface area (Å²) in [6.45, 7) is 2.22. The second kappa shape index (κ2) is 4.31. The van der Waals surface area contributed by atoms with Gasteiger partial charge in [-0.25, -0.2) is 0 Å². The van der Waals surface area contributed by atoms with E-state index in [0.29, 0.717) is 16.8 Å². The van der Waals surface area contributed by atoms with Gasteiger partial charge in [0.2, 0.25) is 0 Å². The van der Waals surface area contributed by atoms with Crippen LogP contribution in [-0.4, -0.2) is 6.04 Å². The Morgan fingerprint density at radius 2 is 2.20 bits per heavy atom. The summed E-state index contributed by atoms with van der Waals surface area (Å²) in [5.74, 6) is 0.804. The van der Waals surface area contributed by atoms with E-state index in [2.05, 4.69) is 12.2 Å². The van der Waals surface area contributed by atoms with Crippen molar-refractivity contribution in [3.05, 3.63) is 23.2 Å². The van der Waals surface area contributed by atoms with Gasteiger partial charge in [-0.2, -0.15) is 0 Å². The normalized spacial score (nSPS) is 18.3. The molecule has 1 unspecified atom stereocenters. The molecule has 0 aromatic heterocycles. The minimum Gasteiger partial charge on any atom is -0.399 e. The van der Waals surface area contributed by atoms with Gasteiger partial charge in [0.25, 0.3) is 0 Å². The Hall–Kier alpha value is -0.890. The highest BCUT2D eigenvalue weighted by Gasteiger charge is 2.23. The summed E-state index contributed by atoms with van der Waals surface area (Å²) in [6, 6.07) is 6.12. The number of halogens is 1. The summed E-state index contributed by atoms with van der Waals surface area (Å²) >= 11 is 6.10. The fourth-order valence-electron chi connectivity index (χ4n) is 1.95. The zero-order chi connectivity index (χ0) is 10.8. The zero-order valence-electron chi connectivity index (χ0n) is 8.96. The second-order valence-electron chi connectivity index (χ2n) is 4.36. The van der Waals surface area contributed by atoms with Crippen molar-refractivity contribution >= 4 is 23.0 Å². The van der Waals surface area contributed by atoms with Gasteiger partial charge < -0.3 is 11.1 Å². The topological polar surface area (TPSA) is 38.0 Å². The van der Waals surface area contributed by atoms with Crippen LogP contribution in [-0.2, 0) is 0 Å². The minimum atomic E-state index is 0.500. The maximum atomic E-state index is 6.10. The average molecular weight is 225 g/mol. The van der Waals surface area contributed by atoms with Crippen molar-refractivity contribution in [2.24, 2.45) is 5.92 Å². The number of hydrogen-bond donors (Lipinski definition) is 2. The van der Waals surface area contributed by atoms with Crippen molar-refractivity contribution < 1.29 is 0 Å². The maximum Gasteiger partial charge on any atom is 0.0658 e. The molecule has 0 heterocycles. The smallest absolute Gasteiger partial charge is 0.0658 e. The van der Waals surface area contributed by atoms with Crippen LogP contribution >= 0.6 is 11.6 Å². The van der Waals surface area contributed by atoms with E-state index in [1.807, 2.05) is 12.1 Å². The Bertz CT molecular complexity index is 347. The summed E-state index contributed by atoms with van der Waals surface area (Å²) < 4.78 is 0. The van der Waals surface area contributed by atoms with Gasteiger partial charge in [0.1, 0.15) is 0 Å². The maximum absolute atomic E-state index is 6.10. The first-order valence-electron chi connectivity index (χ1n) is 5.48. The Balaban J connectivity index is 2.03. The monoisotopic (exact) mass is 224 g/mol. The Labute approximate surface area is 95.8 Å². The molecular weight excluding hydrogens is 208 g/mol. The van der Waals surface area contributed by atoms with Crippen molar-refractivity contribution in [2.75, 3.05) is 11.1 Å². The molecule has 15 heavy (non-hydrogen) atoms. The zero-order valence-corrected chi connectivity index (χ0v) is 9.72. The van der Waals surface area contributed by atoms with E-state index in [0.717, 1.165) is 11.6 Å². The van der Waals surface area contributed by atoms with E-state index < -0.39 is 0 Å². The molecule has 3 N–H and O–H groups in total. The summed E-state index contributed by atoms with van der Waals surface area (Å²) in [6.07, 6.45) is 4.04. The fourth-order valence-corrected chi connectivity index (χ4v) is 2.19. The Morgan fingerprint density at radius 3 is 2.73 bits per heavy atom. The molecule has 1 fully saturated rings. The van der Waals surface area contributed by atoms with Gasteiger partial charge in [-0.05, 0) is 43.9 Å². The van der Waals surface area contributed by atoms with Crippen molar-refractivity contribution in [1.82, 2.24) is 0 Å². The lowest BCUT2D eigenvalue weighted by molar-refractivity contribution is 0.285. The van der Waals surface area contributed by atoms with Gasteiger partial charge in [0.05, 0.1) is 10.7 Å². The highest BCUT2D eigenvalue weighted by atomic mass is 35.5. The molecule has 3 heteroatoms. The molecule has 0 aliphatic heterocycles.